The summed E-state index contributed by atoms with van der Waals surface area (Å²) in [7, 11) is 1.58. The van der Waals surface area contributed by atoms with Gasteiger partial charge in [0.2, 0.25) is 0 Å². The van der Waals surface area contributed by atoms with Crippen molar-refractivity contribution in [2.45, 2.75) is 11.3 Å². The second-order valence-corrected chi connectivity index (χ2v) is 5.88. The molecule has 0 aliphatic heterocycles. The summed E-state index contributed by atoms with van der Waals surface area (Å²) in [5.41, 5.74) is 1.08. The van der Waals surface area contributed by atoms with Crippen LogP contribution in [0.15, 0.2) is 29.2 Å². The topological polar surface area (TPSA) is 34.1 Å². The lowest BCUT2D eigenvalue weighted by Gasteiger charge is -1.98. The molecule has 0 aromatic heterocycles. The van der Waals surface area contributed by atoms with Gasteiger partial charge in [0.05, 0.1) is 4.90 Å². The molecule has 0 aliphatic rings. The molecule has 0 radical (unpaired) electrons. The van der Waals surface area contributed by atoms with Crippen LogP contribution in [0, 0.1) is 0 Å². The zero-order valence-corrected chi connectivity index (χ0v) is 9.86. The van der Waals surface area contributed by atoms with Crippen molar-refractivity contribution in [1.82, 2.24) is 0 Å². The normalized spacial score (nSPS) is 11.5. The van der Waals surface area contributed by atoms with Crippen molar-refractivity contribution in [1.29, 1.82) is 0 Å². The highest BCUT2D eigenvalue weighted by Gasteiger charge is 2.08. The van der Waals surface area contributed by atoms with Gasteiger partial charge in [-0.1, -0.05) is 28.1 Å². The minimum Gasteiger partial charge on any atom is -0.207 e. The van der Waals surface area contributed by atoms with Crippen molar-refractivity contribution in [3.63, 3.8) is 0 Å². The third-order valence-electron chi connectivity index (χ3n) is 1.59. The lowest BCUT2D eigenvalue weighted by molar-refractivity contribution is 0.609. The molecule has 0 spiro atoms. The van der Waals surface area contributed by atoms with Crippen LogP contribution >= 0.6 is 26.6 Å². The highest BCUT2D eigenvalue weighted by molar-refractivity contribution is 9.09. The van der Waals surface area contributed by atoms with E-state index in [1.165, 1.54) is 12.1 Å². The first-order valence-corrected chi connectivity index (χ1v) is 7.06. The molecular weight excluding hydrogens is 276 g/mol. The van der Waals surface area contributed by atoms with Crippen molar-refractivity contribution in [2.24, 2.45) is 0 Å². The number of hydrogen-bond donors (Lipinski definition) is 0. The number of alkyl halides is 1. The first-order valence-electron chi connectivity index (χ1n) is 3.63. The van der Waals surface area contributed by atoms with Gasteiger partial charge in [-0.15, -0.1) is 0 Å². The number of aryl methyl sites for hydroxylation is 1. The molecule has 0 N–H and O–H groups in total. The summed E-state index contributed by atoms with van der Waals surface area (Å²) in [5, 5.41) is 0.861. The minimum absolute atomic E-state index is 0.146. The molecule has 5 heteroatoms. The Morgan fingerprint density at radius 3 is 2.15 bits per heavy atom. The smallest absolute Gasteiger partial charge is 0.207 e. The maximum Gasteiger partial charge on any atom is 0.261 e. The maximum atomic E-state index is 10.9. The van der Waals surface area contributed by atoms with Gasteiger partial charge in [-0.3, -0.25) is 0 Å². The molecule has 0 heterocycles. The standard InChI is InChI=1S/C8H8BrClO2S/c9-6-5-7-1-3-8(4-2-7)13(10,11)12/h1-4H,5-6H2. The molecule has 1 rings (SSSR count). The third kappa shape index (κ3) is 3.29. The lowest BCUT2D eigenvalue weighted by atomic mass is 10.2. The van der Waals surface area contributed by atoms with Crippen LogP contribution in [0.5, 0.6) is 0 Å². The largest absolute Gasteiger partial charge is 0.261 e. The summed E-state index contributed by atoms with van der Waals surface area (Å²) in [6, 6.07) is 6.55. The maximum absolute atomic E-state index is 10.9. The van der Waals surface area contributed by atoms with E-state index in [0.717, 1.165) is 17.3 Å². The van der Waals surface area contributed by atoms with E-state index < -0.39 is 9.05 Å². The number of rotatable bonds is 3. The van der Waals surface area contributed by atoms with Gasteiger partial charge < -0.3 is 0 Å². The Bertz CT molecular complexity index is 372. The molecule has 72 valence electrons. The molecule has 2 nitrogen and oxygen atoms in total. The predicted octanol–water partition coefficient (Wildman–Crippen LogP) is 2.55. The molecule has 1 aromatic carbocycles. The van der Waals surface area contributed by atoms with Crippen molar-refractivity contribution in [2.75, 3.05) is 5.33 Å². The van der Waals surface area contributed by atoms with Gasteiger partial charge in [0.1, 0.15) is 0 Å². The molecule has 0 unspecified atom stereocenters. The van der Waals surface area contributed by atoms with Crippen molar-refractivity contribution in [3.8, 4) is 0 Å². The Kier molecular flexibility index (Phi) is 3.76. The van der Waals surface area contributed by atoms with Gasteiger partial charge in [-0.2, -0.15) is 0 Å². The van der Waals surface area contributed by atoms with Crippen LogP contribution < -0.4 is 0 Å². The highest BCUT2D eigenvalue weighted by Crippen LogP contribution is 2.15. The van der Waals surface area contributed by atoms with Gasteiger partial charge in [0, 0.05) is 16.0 Å². The molecule has 0 fully saturated rings. The molecule has 0 saturated carbocycles. The summed E-state index contributed by atoms with van der Waals surface area (Å²) in [6.07, 6.45) is 0.878. The quantitative estimate of drug-likeness (QED) is 0.631. The third-order valence-corrected chi connectivity index (χ3v) is 3.35. The van der Waals surface area contributed by atoms with E-state index in [1.54, 1.807) is 12.1 Å². The van der Waals surface area contributed by atoms with Crippen molar-refractivity contribution in [3.05, 3.63) is 29.8 Å². The Morgan fingerprint density at radius 1 is 1.23 bits per heavy atom. The molecule has 0 amide bonds. The SMILES string of the molecule is O=S(=O)(Cl)c1ccc(CCBr)cc1. The number of halogens is 2. The zero-order chi connectivity index (χ0) is 9.90. The van der Waals surface area contributed by atoms with E-state index >= 15 is 0 Å². The van der Waals surface area contributed by atoms with Crippen LogP contribution in [-0.2, 0) is 15.5 Å². The molecule has 0 aliphatic carbocycles. The monoisotopic (exact) mass is 282 g/mol. The van der Waals surface area contributed by atoms with Crippen molar-refractivity contribution < 1.29 is 8.42 Å². The molecule has 13 heavy (non-hydrogen) atoms. The van der Waals surface area contributed by atoms with E-state index in [4.69, 9.17) is 10.7 Å². The summed E-state index contributed by atoms with van der Waals surface area (Å²) in [6.45, 7) is 0. The van der Waals surface area contributed by atoms with Gasteiger partial charge in [-0.05, 0) is 24.1 Å². The first kappa shape index (κ1) is 11.0. The Morgan fingerprint density at radius 2 is 1.77 bits per heavy atom. The summed E-state index contributed by atoms with van der Waals surface area (Å²) in [5.74, 6) is 0. The molecule has 0 atom stereocenters. The molecule has 1 aromatic rings. The fourth-order valence-electron chi connectivity index (χ4n) is 0.928. The fourth-order valence-corrected chi connectivity index (χ4v) is 2.16. The van der Waals surface area contributed by atoms with Crippen LogP contribution in [0.3, 0.4) is 0 Å². The number of benzene rings is 1. The fraction of sp³-hybridized carbons (Fsp3) is 0.250. The van der Waals surface area contributed by atoms with Gasteiger partial charge in [-0.25, -0.2) is 8.42 Å². The van der Waals surface area contributed by atoms with Crippen LogP contribution in [0.2, 0.25) is 0 Å². The zero-order valence-electron chi connectivity index (χ0n) is 6.70. The summed E-state index contributed by atoms with van der Waals surface area (Å²) < 4.78 is 21.7. The lowest BCUT2D eigenvalue weighted by Crippen LogP contribution is -1.91. The van der Waals surface area contributed by atoms with E-state index in [9.17, 15) is 8.42 Å². The molecular formula is C8H8BrClO2S. The highest BCUT2D eigenvalue weighted by atomic mass is 79.9. The second kappa shape index (κ2) is 4.44. The average Bonchev–Trinajstić information content (AvgIpc) is 2.04. The minimum atomic E-state index is -3.57. The van der Waals surface area contributed by atoms with Gasteiger partial charge in [0.15, 0.2) is 0 Å². The van der Waals surface area contributed by atoms with Crippen LogP contribution in [0.1, 0.15) is 5.56 Å². The average molecular weight is 284 g/mol. The van der Waals surface area contributed by atoms with Crippen molar-refractivity contribution >= 4 is 35.7 Å². The Balaban J connectivity index is 2.94. The summed E-state index contributed by atoms with van der Waals surface area (Å²) in [4.78, 5) is 0.146. The summed E-state index contributed by atoms with van der Waals surface area (Å²) >= 11 is 3.30. The Hall–Kier alpha value is -0.0600. The Labute approximate surface area is 90.5 Å². The molecule has 0 saturated heterocycles. The van der Waals surface area contributed by atoms with Crippen LogP contribution in [0.25, 0.3) is 0 Å². The van der Waals surface area contributed by atoms with E-state index in [0.29, 0.717) is 0 Å². The van der Waals surface area contributed by atoms with E-state index in [-0.39, 0.29) is 4.90 Å². The van der Waals surface area contributed by atoms with E-state index in [1.807, 2.05) is 0 Å². The van der Waals surface area contributed by atoms with Crippen LogP contribution in [0.4, 0.5) is 0 Å². The number of hydrogen-bond acceptors (Lipinski definition) is 2. The molecule has 0 bridgehead atoms. The first-order chi connectivity index (χ1) is 6.04. The van der Waals surface area contributed by atoms with Gasteiger partial charge >= 0.3 is 0 Å². The van der Waals surface area contributed by atoms with Gasteiger partial charge in [0.25, 0.3) is 9.05 Å². The van der Waals surface area contributed by atoms with E-state index in [2.05, 4.69) is 15.9 Å². The predicted molar refractivity (Wildman–Crippen MR) is 57.0 cm³/mol. The van der Waals surface area contributed by atoms with Crippen LogP contribution in [-0.4, -0.2) is 13.7 Å². The second-order valence-electron chi connectivity index (χ2n) is 2.52.